The molecule has 1 rings (SSSR count). The normalized spacial score (nSPS) is 10.5. The molecule has 2 N–H and O–H groups in total. The lowest BCUT2D eigenvalue weighted by Gasteiger charge is -2.07. The first-order valence-electron chi connectivity index (χ1n) is 5.63. The van der Waals surface area contributed by atoms with Crippen LogP contribution in [0.4, 0.5) is 5.69 Å². The van der Waals surface area contributed by atoms with E-state index in [1.54, 1.807) is 0 Å². The topological polar surface area (TPSA) is 41.1 Å². The summed E-state index contributed by atoms with van der Waals surface area (Å²) in [6.07, 6.45) is 0. The van der Waals surface area contributed by atoms with E-state index in [-0.39, 0.29) is 11.7 Å². The van der Waals surface area contributed by atoms with Crippen molar-refractivity contribution in [2.75, 3.05) is 18.9 Å². The number of Topliss-reactive ketones (excluding diaryl/α,β-unsaturated/α-hetero) is 1. The zero-order chi connectivity index (χ0) is 12.0. The molecule has 1 aromatic carbocycles. The van der Waals surface area contributed by atoms with Gasteiger partial charge in [0.2, 0.25) is 0 Å². The number of hydrogen-bond donors (Lipinski definition) is 2. The van der Waals surface area contributed by atoms with Crippen LogP contribution in [0.25, 0.3) is 0 Å². The average molecular weight is 220 g/mol. The van der Waals surface area contributed by atoms with Gasteiger partial charge in [0, 0.05) is 25.2 Å². The molecule has 0 spiro atoms. The summed E-state index contributed by atoms with van der Waals surface area (Å²) >= 11 is 0. The molecule has 0 saturated heterocycles. The van der Waals surface area contributed by atoms with E-state index in [9.17, 15) is 4.79 Å². The second kappa shape index (κ2) is 6.28. The Bertz CT molecular complexity index is 330. The minimum atomic E-state index is 0.110. The van der Waals surface area contributed by atoms with Gasteiger partial charge in [0.25, 0.3) is 0 Å². The van der Waals surface area contributed by atoms with Crippen LogP contribution in [0.3, 0.4) is 0 Å². The highest BCUT2D eigenvalue weighted by molar-refractivity contribution is 5.82. The molecule has 0 aliphatic rings. The first-order chi connectivity index (χ1) is 7.63. The molecule has 0 radical (unpaired) electrons. The first kappa shape index (κ1) is 12.7. The molecule has 88 valence electrons. The summed E-state index contributed by atoms with van der Waals surface area (Å²) in [6, 6.07) is 8.17. The van der Waals surface area contributed by atoms with Crippen molar-refractivity contribution in [1.82, 2.24) is 5.32 Å². The van der Waals surface area contributed by atoms with Crippen LogP contribution in [0.1, 0.15) is 19.4 Å². The van der Waals surface area contributed by atoms with Gasteiger partial charge in [-0.05, 0) is 17.7 Å². The van der Waals surface area contributed by atoms with Crippen molar-refractivity contribution < 1.29 is 4.79 Å². The average Bonchev–Trinajstić information content (AvgIpc) is 2.29. The van der Waals surface area contributed by atoms with E-state index >= 15 is 0 Å². The number of nitrogens with one attached hydrogen (secondary N) is 2. The fourth-order valence-corrected chi connectivity index (χ4v) is 1.32. The van der Waals surface area contributed by atoms with Gasteiger partial charge < -0.3 is 10.6 Å². The van der Waals surface area contributed by atoms with Crippen LogP contribution in [0.15, 0.2) is 24.3 Å². The van der Waals surface area contributed by atoms with Crippen LogP contribution in [0, 0.1) is 5.92 Å². The Morgan fingerprint density at radius 3 is 2.38 bits per heavy atom. The zero-order valence-corrected chi connectivity index (χ0v) is 10.2. The number of carbonyl (C=O) groups is 1. The smallest absolute Gasteiger partial charge is 0.149 e. The third-order valence-corrected chi connectivity index (χ3v) is 2.51. The van der Waals surface area contributed by atoms with Crippen molar-refractivity contribution in [2.24, 2.45) is 5.92 Å². The fraction of sp³-hybridized carbons (Fsp3) is 0.462. The van der Waals surface area contributed by atoms with Crippen molar-refractivity contribution in [3.05, 3.63) is 29.8 Å². The standard InChI is InChI=1S/C13H20N2O/c1-10(2)13(16)9-15-8-11-4-6-12(14-3)7-5-11/h4-7,10,14-15H,8-9H2,1-3H3. The van der Waals surface area contributed by atoms with Crippen LogP contribution in [0.2, 0.25) is 0 Å². The minimum absolute atomic E-state index is 0.110. The monoisotopic (exact) mass is 220 g/mol. The van der Waals surface area contributed by atoms with Crippen LogP contribution < -0.4 is 10.6 Å². The van der Waals surface area contributed by atoms with E-state index in [1.165, 1.54) is 5.56 Å². The van der Waals surface area contributed by atoms with Gasteiger partial charge in [-0.15, -0.1) is 0 Å². The highest BCUT2D eigenvalue weighted by Gasteiger charge is 2.05. The van der Waals surface area contributed by atoms with Gasteiger partial charge in [-0.2, -0.15) is 0 Å². The first-order valence-corrected chi connectivity index (χ1v) is 5.63. The van der Waals surface area contributed by atoms with E-state index in [0.29, 0.717) is 6.54 Å². The highest BCUT2D eigenvalue weighted by Crippen LogP contribution is 2.08. The molecule has 0 atom stereocenters. The largest absolute Gasteiger partial charge is 0.388 e. The Labute approximate surface area is 97.2 Å². The quantitative estimate of drug-likeness (QED) is 0.771. The fourth-order valence-electron chi connectivity index (χ4n) is 1.32. The lowest BCUT2D eigenvalue weighted by molar-refractivity contribution is -0.121. The number of benzene rings is 1. The molecule has 0 heterocycles. The van der Waals surface area contributed by atoms with Gasteiger partial charge in [-0.1, -0.05) is 26.0 Å². The number of rotatable bonds is 6. The third kappa shape index (κ3) is 4.03. The minimum Gasteiger partial charge on any atom is -0.388 e. The lowest BCUT2D eigenvalue weighted by Crippen LogP contribution is -2.25. The van der Waals surface area contributed by atoms with Crippen LogP contribution in [-0.4, -0.2) is 19.4 Å². The maximum Gasteiger partial charge on any atom is 0.149 e. The maximum absolute atomic E-state index is 11.4. The maximum atomic E-state index is 11.4. The Balaban J connectivity index is 2.34. The van der Waals surface area contributed by atoms with Crippen LogP contribution >= 0.6 is 0 Å². The SMILES string of the molecule is CNc1ccc(CNCC(=O)C(C)C)cc1. The Hall–Kier alpha value is -1.35. The number of anilines is 1. The molecular formula is C13H20N2O. The number of carbonyl (C=O) groups excluding carboxylic acids is 1. The van der Waals surface area contributed by atoms with E-state index in [4.69, 9.17) is 0 Å². The molecule has 0 saturated carbocycles. The summed E-state index contributed by atoms with van der Waals surface area (Å²) in [5.41, 5.74) is 2.29. The summed E-state index contributed by atoms with van der Waals surface area (Å²) in [4.78, 5) is 11.4. The Kier molecular flexibility index (Phi) is 4.99. The molecule has 1 aromatic rings. The molecule has 0 bridgehead atoms. The number of hydrogen-bond acceptors (Lipinski definition) is 3. The Morgan fingerprint density at radius 1 is 1.25 bits per heavy atom. The van der Waals surface area contributed by atoms with E-state index in [0.717, 1.165) is 12.2 Å². The Morgan fingerprint density at radius 2 is 1.88 bits per heavy atom. The summed E-state index contributed by atoms with van der Waals surface area (Å²) in [5, 5.41) is 6.22. The van der Waals surface area contributed by atoms with E-state index in [1.807, 2.05) is 33.0 Å². The summed E-state index contributed by atoms with van der Waals surface area (Å²) in [6.45, 7) is 5.03. The summed E-state index contributed by atoms with van der Waals surface area (Å²) < 4.78 is 0. The van der Waals surface area contributed by atoms with Gasteiger partial charge in [-0.25, -0.2) is 0 Å². The third-order valence-electron chi connectivity index (χ3n) is 2.51. The van der Waals surface area contributed by atoms with Gasteiger partial charge in [-0.3, -0.25) is 4.79 Å². The molecule has 0 aliphatic heterocycles. The molecule has 0 aliphatic carbocycles. The molecule has 0 unspecified atom stereocenters. The van der Waals surface area contributed by atoms with E-state index in [2.05, 4.69) is 22.8 Å². The second-order valence-electron chi connectivity index (χ2n) is 4.17. The molecule has 3 heteroatoms. The highest BCUT2D eigenvalue weighted by atomic mass is 16.1. The molecular weight excluding hydrogens is 200 g/mol. The van der Waals surface area contributed by atoms with Crippen molar-refractivity contribution in [2.45, 2.75) is 20.4 Å². The molecule has 3 nitrogen and oxygen atoms in total. The van der Waals surface area contributed by atoms with Crippen molar-refractivity contribution in [3.8, 4) is 0 Å². The predicted octanol–water partition coefficient (Wildman–Crippen LogP) is 2.04. The lowest BCUT2D eigenvalue weighted by atomic mass is 10.1. The molecule has 0 fully saturated rings. The zero-order valence-electron chi connectivity index (χ0n) is 10.2. The van der Waals surface area contributed by atoms with Crippen LogP contribution in [0.5, 0.6) is 0 Å². The van der Waals surface area contributed by atoms with Crippen molar-refractivity contribution >= 4 is 11.5 Å². The van der Waals surface area contributed by atoms with Gasteiger partial charge in [0.1, 0.15) is 5.78 Å². The van der Waals surface area contributed by atoms with Crippen molar-refractivity contribution in [1.29, 1.82) is 0 Å². The second-order valence-corrected chi connectivity index (χ2v) is 4.17. The number of ketones is 1. The van der Waals surface area contributed by atoms with Crippen molar-refractivity contribution in [3.63, 3.8) is 0 Å². The summed E-state index contributed by atoms with van der Waals surface area (Å²) in [7, 11) is 1.90. The molecule has 16 heavy (non-hydrogen) atoms. The van der Waals surface area contributed by atoms with Gasteiger partial charge in [0.15, 0.2) is 0 Å². The molecule has 0 aromatic heterocycles. The van der Waals surface area contributed by atoms with Crippen LogP contribution in [-0.2, 0) is 11.3 Å². The predicted molar refractivity (Wildman–Crippen MR) is 67.5 cm³/mol. The molecule has 0 amide bonds. The van der Waals surface area contributed by atoms with E-state index < -0.39 is 0 Å². The van der Waals surface area contributed by atoms with Gasteiger partial charge >= 0.3 is 0 Å². The van der Waals surface area contributed by atoms with Gasteiger partial charge in [0.05, 0.1) is 6.54 Å². The summed E-state index contributed by atoms with van der Waals surface area (Å²) in [5.74, 6) is 0.367.